The summed E-state index contributed by atoms with van der Waals surface area (Å²) in [6.45, 7) is 1.65. The van der Waals surface area contributed by atoms with Crippen LogP contribution in [0.1, 0.15) is 28.7 Å². The van der Waals surface area contributed by atoms with E-state index in [0.717, 1.165) is 0 Å². The number of phenols is 1. The third kappa shape index (κ3) is 3.59. The van der Waals surface area contributed by atoms with Crippen molar-refractivity contribution in [2.75, 3.05) is 12.8 Å². The van der Waals surface area contributed by atoms with Gasteiger partial charge in [-0.05, 0) is 29.4 Å². The topological polar surface area (TPSA) is 167 Å². The van der Waals surface area contributed by atoms with Gasteiger partial charge in [-0.1, -0.05) is 17.3 Å². The number of rotatable bonds is 6. The van der Waals surface area contributed by atoms with Gasteiger partial charge in [-0.25, -0.2) is 10.1 Å². The molecular formula is C15H16N8O4. The number of amides is 1. The number of phenolic OH excluding ortho intramolecular Hbond substituents is 1. The van der Waals surface area contributed by atoms with Crippen molar-refractivity contribution >= 4 is 17.4 Å². The number of nitrogens with two attached hydrogens (primary N) is 1. The summed E-state index contributed by atoms with van der Waals surface area (Å²) in [5.41, 5.74) is 9.18. The zero-order chi connectivity index (χ0) is 19.4. The third-order valence-electron chi connectivity index (χ3n) is 3.57. The number of nitrogens with zero attached hydrogens (tertiary/aromatic N) is 6. The molecule has 0 radical (unpaired) electrons. The number of aromatic nitrogens is 5. The summed E-state index contributed by atoms with van der Waals surface area (Å²) in [6, 6.07) is 6.63. The number of hydrazone groups is 1. The number of methoxy groups -OCH3 is 1. The van der Waals surface area contributed by atoms with Crippen molar-refractivity contribution in [1.29, 1.82) is 0 Å². The molecule has 0 unspecified atom stereocenters. The molecule has 1 aromatic carbocycles. The van der Waals surface area contributed by atoms with Gasteiger partial charge < -0.3 is 15.6 Å². The van der Waals surface area contributed by atoms with E-state index in [2.05, 4.69) is 35.8 Å². The average Bonchev–Trinajstić information content (AvgIpc) is 3.26. The third-order valence-corrected chi connectivity index (χ3v) is 3.57. The lowest BCUT2D eigenvalue weighted by atomic mass is 10.1. The first-order chi connectivity index (χ1) is 13.0. The summed E-state index contributed by atoms with van der Waals surface area (Å²) in [5.74, 6) is -0.508. The Kier molecular flexibility index (Phi) is 5.08. The number of nitrogens with one attached hydrogen (secondary N) is 1. The fourth-order valence-electron chi connectivity index (χ4n) is 2.28. The molecule has 0 aliphatic heterocycles. The van der Waals surface area contributed by atoms with E-state index >= 15 is 0 Å². The van der Waals surface area contributed by atoms with Gasteiger partial charge in [0.2, 0.25) is 11.6 Å². The largest absolute Gasteiger partial charge is 0.507 e. The molecule has 1 amide bonds. The summed E-state index contributed by atoms with van der Waals surface area (Å²) in [5, 5.41) is 28.6. The van der Waals surface area contributed by atoms with Crippen LogP contribution in [0.25, 0.3) is 5.82 Å². The number of hydrogen-bond donors (Lipinski definition) is 3. The highest BCUT2D eigenvalue weighted by atomic mass is 16.6. The molecule has 12 heteroatoms. The van der Waals surface area contributed by atoms with E-state index in [9.17, 15) is 9.90 Å². The highest BCUT2D eigenvalue weighted by Crippen LogP contribution is 2.17. The molecule has 0 aliphatic carbocycles. The monoisotopic (exact) mass is 372 g/mol. The van der Waals surface area contributed by atoms with E-state index in [-0.39, 0.29) is 35.4 Å². The van der Waals surface area contributed by atoms with Gasteiger partial charge in [0, 0.05) is 12.7 Å². The Labute approximate surface area is 152 Å². The van der Waals surface area contributed by atoms with Gasteiger partial charge in [-0.3, -0.25) is 4.79 Å². The number of aromatic hydroxyl groups is 1. The van der Waals surface area contributed by atoms with Crippen molar-refractivity contribution in [3.63, 3.8) is 0 Å². The van der Waals surface area contributed by atoms with Crippen LogP contribution in [-0.2, 0) is 11.3 Å². The quantitative estimate of drug-likeness (QED) is 0.405. The predicted molar refractivity (Wildman–Crippen MR) is 92.1 cm³/mol. The minimum atomic E-state index is -0.627. The molecule has 4 N–H and O–H groups in total. The number of anilines is 1. The molecule has 0 spiro atoms. The number of nitrogen functional groups attached to an aromatic ring is 1. The summed E-state index contributed by atoms with van der Waals surface area (Å²) in [7, 11) is 1.45. The molecule has 0 atom stereocenters. The lowest BCUT2D eigenvalue weighted by Gasteiger charge is -2.05. The second kappa shape index (κ2) is 7.61. The lowest BCUT2D eigenvalue weighted by molar-refractivity contribution is 0.0944. The van der Waals surface area contributed by atoms with Crippen molar-refractivity contribution in [3.8, 4) is 11.6 Å². The lowest BCUT2D eigenvalue weighted by Crippen LogP contribution is -2.22. The Morgan fingerprint density at radius 1 is 1.41 bits per heavy atom. The summed E-state index contributed by atoms with van der Waals surface area (Å²) < 4.78 is 10.8. The Balaban J connectivity index is 1.87. The van der Waals surface area contributed by atoms with Crippen molar-refractivity contribution in [2.45, 2.75) is 13.5 Å². The molecule has 3 aromatic rings. The van der Waals surface area contributed by atoms with E-state index in [1.807, 2.05) is 0 Å². The van der Waals surface area contributed by atoms with Crippen LogP contribution in [0.4, 0.5) is 5.82 Å². The standard InChI is InChI=1S/C15H16N8O4/c1-8(9-5-3-4-6-11(9)24)17-19-15(25)12-10(7-26-2)23(22-18-12)14-13(16)20-27-21-14/h3-6,24H,7H2,1-2H3,(H2,16,20)(H,19,25)/b17-8+. The van der Waals surface area contributed by atoms with Gasteiger partial charge in [0.05, 0.1) is 12.3 Å². The van der Waals surface area contributed by atoms with Crippen molar-refractivity contribution in [3.05, 3.63) is 41.2 Å². The number of carbonyl (C=O) groups excluding carboxylic acids is 1. The number of benzene rings is 1. The molecule has 0 bridgehead atoms. The molecule has 0 saturated carbocycles. The second-order valence-corrected chi connectivity index (χ2v) is 5.36. The van der Waals surface area contributed by atoms with Gasteiger partial charge in [-0.15, -0.1) is 5.10 Å². The van der Waals surface area contributed by atoms with Gasteiger partial charge in [0.1, 0.15) is 11.4 Å². The van der Waals surface area contributed by atoms with Crippen molar-refractivity contribution in [1.82, 2.24) is 30.7 Å². The van der Waals surface area contributed by atoms with Gasteiger partial charge in [0.25, 0.3) is 5.91 Å². The van der Waals surface area contributed by atoms with E-state index in [4.69, 9.17) is 10.5 Å². The number of carbonyl (C=O) groups is 1. The highest BCUT2D eigenvalue weighted by molar-refractivity contribution is 6.02. The molecule has 0 fully saturated rings. The fraction of sp³-hybridized carbons (Fsp3) is 0.200. The van der Waals surface area contributed by atoms with Crippen LogP contribution in [0.3, 0.4) is 0 Å². The molecule has 12 nitrogen and oxygen atoms in total. The Hall–Kier alpha value is -3.80. The first kappa shape index (κ1) is 18.0. The maximum atomic E-state index is 12.5. The molecule has 3 rings (SSSR count). The van der Waals surface area contributed by atoms with Crippen molar-refractivity contribution < 1.29 is 19.3 Å². The summed E-state index contributed by atoms with van der Waals surface area (Å²) in [4.78, 5) is 12.5. The molecule has 0 saturated heterocycles. The van der Waals surface area contributed by atoms with Gasteiger partial charge in [-0.2, -0.15) is 9.78 Å². The average molecular weight is 372 g/mol. The molecule has 27 heavy (non-hydrogen) atoms. The Morgan fingerprint density at radius 3 is 2.85 bits per heavy atom. The molecule has 2 heterocycles. The molecular weight excluding hydrogens is 356 g/mol. The maximum Gasteiger partial charge on any atom is 0.293 e. The number of para-hydroxylation sites is 1. The normalized spacial score (nSPS) is 11.6. The van der Waals surface area contributed by atoms with E-state index in [0.29, 0.717) is 11.3 Å². The van der Waals surface area contributed by atoms with E-state index < -0.39 is 5.91 Å². The second-order valence-electron chi connectivity index (χ2n) is 5.36. The Bertz CT molecular complexity index is 993. The highest BCUT2D eigenvalue weighted by Gasteiger charge is 2.23. The van der Waals surface area contributed by atoms with Gasteiger partial charge in [0.15, 0.2) is 5.69 Å². The molecule has 2 aromatic heterocycles. The van der Waals surface area contributed by atoms with Crippen LogP contribution in [0.15, 0.2) is 34.0 Å². The van der Waals surface area contributed by atoms with Crippen LogP contribution in [0, 0.1) is 0 Å². The van der Waals surface area contributed by atoms with E-state index in [1.54, 1.807) is 25.1 Å². The minimum Gasteiger partial charge on any atom is -0.507 e. The number of ether oxygens (including phenoxy) is 1. The van der Waals surface area contributed by atoms with Crippen LogP contribution in [0.2, 0.25) is 0 Å². The summed E-state index contributed by atoms with van der Waals surface area (Å²) >= 11 is 0. The minimum absolute atomic E-state index is 0.00419. The number of hydrogen-bond acceptors (Lipinski definition) is 10. The van der Waals surface area contributed by atoms with E-state index in [1.165, 1.54) is 17.9 Å². The van der Waals surface area contributed by atoms with Crippen LogP contribution < -0.4 is 11.2 Å². The first-order valence-corrected chi connectivity index (χ1v) is 7.67. The SMILES string of the molecule is COCc1c(C(=O)N/N=C(\C)c2ccccc2O)nnn1-c1nonc1N. The molecule has 0 aliphatic rings. The van der Waals surface area contributed by atoms with Crippen LogP contribution in [-0.4, -0.2) is 49.1 Å². The van der Waals surface area contributed by atoms with Crippen LogP contribution in [0.5, 0.6) is 5.75 Å². The Morgan fingerprint density at radius 2 is 2.19 bits per heavy atom. The summed E-state index contributed by atoms with van der Waals surface area (Å²) in [6.07, 6.45) is 0. The van der Waals surface area contributed by atoms with Crippen LogP contribution >= 0.6 is 0 Å². The zero-order valence-corrected chi connectivity index (χ0v) is 14.4. The maximum absolute atomic E-state index is 12.5. The van der Waals surface area contributed by atoms with Crippen molar-refractivity contribution in [2.24, 2.45) is 5.10 Å². The van der Waals surface area contributed by atoms with Gasteiger partial charge >= 0.3 is 0 Å². The zero-order valence-electron chi connectivity index (χ0n) is 14.4. The first-order valence-electron chi connectivity index (χ1n) is 7.67. The smallest absolute Gasteiger partial charge is 0.293 e. The predicted octanol–water partition coefficient (Wildman–Crippen LogP) is 0.239. The fourth-order valence-corrected chi connectivity index (χ4v) is 2.28. The molecule has 140 valence electrons.